The summed E-state index contributed by atoms with van der Waals surface area (Å²) in [6, 6.07) is 0. The number of aliphatic hydroxyl groups is 1. The van der Waals surface area contributed by atoms with Crippen molar-refractivity contribution >= 4 is 0 Å². The van der Waals surface area contributed by atoms with E-state index in [1.165, 1.54) is 12.8 Å². The minimum atomic E-state index is -0.428. The summed E-state index contributed by atoms with van der Waals surface area (Å²) in [5.74, 6) is 2.11. The van der Waals surface area contributed by atoms with Gasteiger partial charge in [0.15, 0.2) is 0 Å². The molecule has 0 aliphatic heterocycles. The Kier molecular flexibility index (Phi) is 7.72. The topological polar surface area (TPSA) is 50.7 Å². The second kappa shape index (κ2) is 9.57. The van der Waals surface area contributed by atoms with E-state index in [-0.39, 0.29) is 0 Å². The van der Waals surface area contributed by atoms with Crippen molar-refractivity contribution in [3.8, 4) is 0 Å². The van der Waals surface area contributed by atoms with Gasteiger partial charge in [0.05, 0.1) is 25.9 Å². The van der Waals surface area contributed by atoms with E-state index >= 15 is 0 Å². The summed E-state index contributed by atoms with van der Waals surface area (Å²) in [4.78, 5) is 0. The fourth-order valence-corrected chi connectivity index (χ4v) is 2.60. The van der Waals surface area contributed by atoms with Crippen molar-refractivity contribution in [1.29, 1.82) is 0 Å². The van der Waals surface area contributed by atoms with Crippen LogP contribution in [0, 0.1) is 17.8 Å². The Labute approximate surface area is 128 Å². The zero-order chi connectivity index (χ0) is 14.9. The van der Waals surface area contributed by atoms with E-state index in [0.29, 0.717) is 25.0 Å². The lowest BCUT2D eigenvalue weighted by atomic mass is 9.85. The predicted octanol–water partition coefficient (Wildman–Crippen LogP) is 1.98. The first-order valence-corrected chi connectivity index (χ1v) is 8.45. The highest BCUT2D eigenvalue weighted by molar-refractivity contribution is 4.93. The molecule has 122 valence electrons. The highest BCUT2D eigenvalue weighted by atomic mass is 16.5. The number of aliphatic hydroxyl groups excluding tert-OH is 1. The summed E-state index contributed by atoms with van der Waals surface area (Å²) < 4.78 is 11.2. The maximum Gasteiger partial charge on any atom is 0.0897 e. The molecule has 0 aromatic carbocycles. The van der Waals surface area contributed by atoms with Crippen LogP contribution in [0.4, 0.5) is 0 Å². The lowest BCUT2D eigenvalue weighted by Gasteiger charge is -2.25. The molecule has 0 aromatic rings. The normalized spacial score (nSPS) is 27.0. The molecule has 3 unspecified atom stereocenters. The quantitative estimate of drug-likeness (QED) is 0.452. The van der Waals surface area contributed by atoms with Gasteiger partial charge in [-0.2, -0.15) is 0 Å². The van der Waals surface area contributed by atoms with Crippen LogP contribution in [0.15, 0.2) is 12.2 Å². The fraction of sp³-hybridized carbons (Fsp3) is 0.882. The first kappa shape index (κ1) is 16.9. The highest BCUT2D eigenvalue weighted by Gasteiger charge is 2.21. The number of allylic oxidation sites excluding steroid dienone is 2. The molecule has 0 spiro atoms. The summed E-state index contributed by atoms with van der Waals surface area (Å²) >= 11 is 0. The molecule has 2 rings (SSSR count). The monoisotopic (exact) mass is 297 g/mol. The van der Waals surface area contributed by atoms with E-state index in [4.69, 9.17) is 9.47 Å². The molecule has 1 saturated carbocycles. The maximum atomic E-state index is 9.86. The van der Waals surface area contributed by atoms with Gasteiger partial charge in [-0.25, -0.2) is 0 Å². The molecule has 0 bridgehead atoms. The van der Waals surface area contributed by atoms with Gasteiger partial charge in [0, 0.05) is 19.7 Å². The summed E-state index contributed by atoms with van der Waals surface area (Å²) in [7, 11) is 0. The first-order chi connectivity index (χ1) is 10.3. The first-order valence-electron chi connectivity index (χ1n) is 8.45. The zero-order valence-electron chi connectivity index (χ0n) is 13.3. The molecule has 4 nitrogen and oxygen atoms in total. The van der Waals surface area contributed by atoms with E-state index in [9.17, 15) is 5.11 Å². The average Bonchev–Trinajstić information content (AvgIpc) is 3.29. The van der Waals surface area contributed by atoms with E-state index in [2.05, 4.69) is 24.4 Å². The minimum absolute atomic E-state index is 0.420. The standard InChI is InChI=1S/C17H31NO3/c1-14-4-2-3-5-16(14)12-21-13-17(19)10-18-8-9-20-11-15-6-7-15/h2-3,14-19H,4-13H2,1H3. The number of rotatable bonds is 11. The summed E-state index contributed by atoms with van der Waals surface area (Å²) in [6.07, 6.45) is 8.99. The van der Waals surface area contributed by atoms with Crippen molar-refractivity contribution in [3.05, 3.63) is 12.2 Å². The maximum absolute atomic E-state index is 9.86. The van der Waals surface area contributed by atoms with Gasteiger partial charge in [0.1, 0.15) is 0 Å². The van der Waals surface area contributed by atoms with Crippen LogP contribution in [-0.4, -0.2) is 50.7 Å². The van der Waals surface area contributed by atoms with Crippen molar-refractivity contribution in [2.75, 3.05) is 39.5 Å². The molecule has 0 aromatic heterocycles. The van der Waals surface area contributed by atoms with E-state index in [0.717, 1.165) is 45.1 Å². The summed E-state index contributed by atoms with van der Waals surface area (Å²) in [6.45, 7) is 6.46. The Bertz CT molecular complexity index is 304. The number of hydrogen-bond donors (Lipinski definition) is 2. The van der Waals surface area contributed by atoms with Gasteiger partial charge in [-0.05, 0) is 43.4 Å². The lowest BCUT2D eigenvalue weighted by molar-refractivity contribution is 0.0121. The molecule has 2 aliphatic carbocycles. The van der Waals surface area contributed by atoms with Crippen molar-refractivity contribution in [2.24, 2.45) is 17.8 Å². The van der Waals surface area contributed by atoms with Gasteiger partial charge in [0.2, 0.25) is 0 Å². The largest absolute Gasteiger partial charge is 0.389 e. The fourth-order valence-electron chi connectivity index (χ4n) is 2.60. The third-order valence-corrected chi connectivity index (χ3v) is 4.41. The van der Waals surface area contributed by atoms with E-state index < -0.39 is 6.10 Å². The van der Waals surface area contributed by atoms with E-state index in [1.807, 2.05) is 0 Å². The molecule has 3 atom stereocenters. The second-order valence-corrected chi connectivity index (χ2v) is 6.59. The molecule has 0 heterocycles. The average molecular weight is 297 g/mol. The number of nitrogens with one attached hydrogen (secondary N) is 1. The lowest BCUT2D eigenvalue weighted by Crippen LogP contribution is -2.33. The minimum Gasteiger partial charge on any atom is -0.389 e. The van der Waals surface area contributed by atoms with Gasteiger partial charge in [0.25, 0.3) is 0 Å². The van der Waals surface area contributed by atoms with Crippen LogP contribution in [-0.2, 0) is 9.47 Å². The van der Waals surface area contributed by atoms with Gasteiger partial charge < -0.3 is 19.9 Å². The van der Waals surface area contributed by atoms with Crippen LogP contribution in [0.5, 0.6) is 0 Å². The molecule has 2 N–H and O–H groups in total. The van der Waals surface area contributed by atoms with Crippen LogP contribution in [0.3, 0.4) is 0 Å². The molecule has 2 aliphatic rings. The molecule has 0 amide bonds. The molecular weight excluding hydrogens is 266 g/mol. The van der Waals surface area contributed by atoms with Gasteiger partial charge in [-0.15, -0.1) is 0 Å². The van der Waals surface area contributed by atoms with Crippen molar-refractivity contribution in [2.45, 2.75) is 38.7 Å². The molecule has 0 saturated heterocycles. The van der Waals surface area contributed by atoms with Gasteiger partial charge in [-0.3, -0.25) is 0 Å². The van der Waals surface area contributed by atoms with Crippen molar-refractivity contribution in [1.82, 2.24) is 5.32 Å². The Balaban J connectivity index is 1.40. The van der Waals surface area contributed by atoms with Crippen LogP contribution in [0.2, 0.25) is 0 Å². The summed E-state index contributed by atoms with van der Waals surface area (Å²) in [5, 5.41) is 13.1. The van der Waals surface area contributed by atoms with Crippen molar-refractivity contribution < 1.29 is 14.6 Å². The molecule has 4 heteroatoms. The Hall–Kier alpha value is -0.420. The Morgan fingerprint density at radius 1 is 1.19 bits per heavy atom. The second-order valence-electron chi connectivity index (χ2n) is 6.59. The zero-order valence-corrected chi connectivity index (χ0v) is 13.3. The van der Waals surface area contributed by atoms with Crippen LogP contribution < -0.4 is 5.32 Å². The smallest absolute Gasteiger partial charge is 0.0897 e. The molecular formula is C17H31NO3. The molecule has 21 heavy (non-hydrogen) atoms. The van der Waals surface area contributed by atoms with Crippen LogP contribution in [0.1, 0.15) is 32.6 Å². The van der Waals surface area contributed by atoms with Gasteiger partial charge >= 0.3 is 0 Å². The third kappa shape index (κ3) is 7.41. The van der Waals surface area contributed by atoms with Crippen LogP contribution in [0.25, 0.3) is 0 Å². The third-order valence-electron chi connectivity index (χ3n) is 4.41. The SMILES string of the molecule is CC1CC=CCC1COCC(O)CNCCOCC1CC1. The Morgan fingerprint density at radius 3 is 2.76 bits per heavy atom. The highest BCUT2D eigenvalue weighted by Crippen LogP contribution is 2.28. The van der Waals surface area contributed by atoms with E-state index in [1.54, 1.807) is 0 Å². The Morgan fingerprint density at radius 2 is 2.00 bits per heavy atom. The van der Waals surface area contributed by atoms with Crippen molar-refractivity contribution in [3.63, 3.8) is 0 Å². The summed E-state index contributed by atoms with van der Waals surface area (Å²) in [5.41, 5.74) is 0. The molecule has 1 fully saturated rings. The number of ether oxygens (including phenoxy) is 2. The van der Waals surface area contributed by atoms with Gasteiger partial charge in [-0.1, -0.05) is 19.1 Å². The molecule has 0 radical (unpaired) electrons. The predicted molar refractivity (Wildman–Crippen MR) is 84.3 cm³/mol. The number of hydrogen-bond acceptors (Lipinski definition) is 4. The van der Waals surface area contributed by atoms with Crippen LogP contribution >= 0.6 is 0 Å².